The van der Waals surface area contributed by atoms with Gasteiger partial charge in [-0.05, 0) is 24.3 Å². The van der Waals surface area contributed by atoms with Crippen molar-refractivity contribution in [3.8, 4) is 0 Å². The number of pyridine rings is 2. The topological polar surface area (TPSA) is 112 Å². The second-order valence-corrected chi connectivity index (χ2v) is 3.19. The van der Waals surface area contributed by atoms with E-state index in [1.807, 2.05) is 0 Å². The number of nitrogens with two attached hydrogens (primary N) is 2. The molecule has 0 fully saturated rings. The summed E-state index contributed by atoms with van der Waals surface area (Å²) >= 11 is 0. The summed E-state index contributed by atoms with van der Waals surface area (Å²) in [7, 11) is 0. The SMILES string of the molecule is NC(=O)c1ccccn1.NC(=O)c1cccnc1. The minimum absolute atomic E-state index is 0.303. The molecule has 18 heavy (non-hydrogen) atoms. The molecule has 6 nitrogen and oxygen atoms in total. The van der Waals surface area contributed by atoms with Gasteiger partial charge in [0.15, 0.2) is 0 Å². The fraction of sp³-hybridized carbons (Fsp3) is 0. The first-order valence-corrected chi connectivity index (χ1v) is 5.02. The summed E-state index contributed by atoms with van der Waals surface area (Å²) in [5.41, 5.74) is 10.6. The Kier molecular flexibility index (Phi) is 4.98. The van der Waals surface area contributed by atoms with Crippen molar-refractivity contribution in [3.05, 3.63) is 60.2 Å². The Labute approximate surface area is 104 Å². The monoisotopic (exact) mass is 244 g/mol. The molecular formula is C12H12N4O2. The van der Waals surface area contributed by atoms with Crippen molar-refractivity contribution in [1.82, 2.24) is 9.97 Å². The smallest absolute Gasteiger partial charge is 0.267 e. The summed E-state index contributed by atoms with van der Waals surface area (Å²) in [4.78, 5) is 28.2. The zero-order valence-electron chi connectivity index (χ0n) is 9.48. The van der Waals surface area contributed by atoms with E-state index in [-0.39, 0.29) is 0 Å². The minimum atomic E-state index is -0.490. The summed E-state index contributed by atoms with van der Waals surface area (Å²) in [6.45, 7) is 0. The van der Waals surface area contributed by atoms with Crippen molar-refractivity contribution < 1.29 is 9.59 Å². The zero-order chi connectivity index (χ0) is 13.4. The van der Waals surface area contributed by atoms with E-state index in [1.54, 1.807) is 36.5 Å². The van der Waals surface area contributed by atoms with Gasteiger partial charge in [0.1, 0.15) is 5.69 Å². The highest BCUT2D eigenvalue weighted by Gasteiger charge is 1.96. The molecule has 0 spiro atoms. The van der Waals surface area contributed by atoms with Crippen LogP contribution < -0.4 is 11.5 Å². The first-order valence-electron chi connectivity index (χ1n) is 5.02. The third-order valence-corrected chi connectivity index (χ3v) is 1.86. The highest BCUT2D eigenvalue weighted by Crippen LogP contribution is 1.91. The van der Waals surface area contributed by atoms with Crippen LogP contribution >= 0.6 is 0 Å². The summed E-state index contributed by atoms with van der Waals surface area (Å²) in [5, 5.41) is 0. The molecule has 2 aromatic rings. The van der Waals surface area contributed by atoms with Gasteiger partial charge in [0.25, 0.3) is 5.91 Å². The summed E-state index contributed by atoms with van der Waals surface area (Å²) in [6.07, 6.45) is 4.55. The molecule has 4 N–H and O–H groups in total. The Morgan fingerprint density at radius 1 is 0.944 bits per heavy atom. The fourth-order valence-corrected chi connectivity index (χ4v) is 1.02. The van der Waals surface area contributed by atoms with E-state index in [0.717, 1.165) is 0 Å². The second-order valence-electron chi connectivity index (χ2n) is 3.19. The molecule has 0 atom stereocenters. The van der Waals surface area contributed by atoms with Crippen LogP contribution in [0.4, 0.5) is 0 Å². The van der Waals surface area contributed by atoms with E-state index < -0.39 is 11.8 Å². The van der Waals surface area contributed by atoms with Crippen molar-refractivity contribution in [2.45, 2.75) is 0 Å². The predicted octanol–water partition coefficient (Wildman–Crippen LogP) is 0.361. The third-order valence-electron chi connectivity index (χ3n) is 1.86. The molecule has 2 aromatic heterocycles. The summed E-state index contributed by atoms with van der Waals surface area (Å²) in [6, 6.07) is 8.30. The van der Waals surface area contributed by atoms with Crippen molar-refractivity contribution >= 4 is 11.8 Å². The van der Waals surface area contributed by atoms with Gasteiger partial charge >= 0.3 is 0 Å². The maximum Gasteiger partial charge on any atom is 0.267 e. The molecule has 0 radical (unpaired) electrons. The Morgan fingerprint density at radius 2 is 1.72 bits per heavy atom. The molecule has 0 aromatic carbocycles. The van der Waals surface area contributed by atoms with Gasteiger partial charge < -0.3 is 11.5 Å². The largest absolute Gasteiger partial charge is 0.366 e. The lowest BCUT2D eigenvalue weighted by molar-refractivity contribution is 0.0989. The van der Waals surface area contributed by atoms with Gasteiger partial charge in [0.2, 0.25) is 5.91 Å². The molecule has 0 saturated heterocycles. The van der Waals surface area contributed by atoms with E-state index >= 15 is 0 Å². The average Bonchev–Trinajstić information content (AvgIpc) is 2.41. The third kappa shape index (κ3) is 4.40. The van der Waals surface area contributed by atoms with Crippen LogP contribution in [-0.2, 0) is 0 Å². The van der Waals surface area contributed by atoms with Crippen LogP contribution in [0.25, 0.3) is 0 Å². The van der Waals surface area contributed by atoms with Gasteiger partial charge in [-0.2, -0.15) is 0 Å². The Morgan fingerprint density at radius 3 is 2.06 bits per heavy atom. The van der Waals surface area contributed by atoms with Gasteiger partial charge in [0.05, 0.1) is 5.56 Å². The van der Waals surface area contributed by atoms with Crippen LogP contribution in [0.5, 0.6) is 0 Å². The molecule has 2 heterocycles. The first kappa shape index (κ1) is 13.3. The number of hydrogen-bond donors (Lipinski definition) is 2. The molecule has 0 aliphatic carbocycles. The Bertz CT molecular complexity index is 465. The standard InChI is InChI=1S/2C6H6N2O/c7-6(9)5-2-1-3-8-4-5;7-6(9)5-3-1-2-4-8-5/h2*1-4H,(H2,7,9). The number of carbonyl (C=O) groups is 2. The molecule has 0 unspecified atom stereocenters. The van der Waals surface area contributed by atoms with Crippen LogP contribution in [0, 0.1) is 0 Å². The zero-order valence-corrected chi connectivity index (χ0v) is 9.48. The molecule has 0 aliphatic heterocycles. The fourth-order valence-electron chi connectivity index (χ4n) is 1.02. The highest BCUT2D eigenvalue weighted by molar-refractivity contribution is 5.92. The van der Waals surface area contributed by atoms with Crippen molar-refractivity contribution in [1.29, 1.82) is 0 Å². The molecule has 92 valence electrons. The van der Waals surface area contributed by atoms with Gasteiger partial charge in [-0.15, -0.1) is 0 Å². The number of primary amides is 2. The van der Waals surface area contributed by atoms with Crippen LogP contribution in [0.2, 0.25) is 0 Å². The normalized spacial score (nSPS) is 8.89. The quantitative estimate of drug-likeness (QED) is 0.794. The predicted molar refractivity (Wildman–Crippen MR) is 65.5 cm³/mol. The van der Waals surface area contributed by atoms with E-state index in [0.29, 0.717) is 11.3 Å². The van der Waals surface area contributed by atoms with Crippen LogP contribution in [0.3, 0.4) is 0 Å². The molecule has 6 heteroatoms. The van der Waals surface area contributed by atoms with Crippen molar-refractivity contribution in [2.75, 3.05) is 0 Å². The molecule has 0 bridgehead atoms. The van der Waals surface area contributed by atoms with Crippen LogP contribution in [-0.4, -0.2) is 21.8 Å². The number of hydrogen-bond acceptors (Lipinski definition) is 4. The molecule has 0 aliphatic rings. The minimum Gasteiger partial charge on any atom is -0.366 e. The molecule has 0 saturated carbocycles. The van der Waals surface area contributed by atoms with Gasteiger partial charge in [0, 0.05) is 18.6 Å². The van der Waals surface area contributed by atoms with Crippen molar-refractivity contribution in [3.63, 3.8) is 0 Å². The van der Waals surface area contributed by atoms with E-state index in [1.165, 1.54) is 12.4 Å². The van der Waals surface area contributed by atoms with Crippen LogP contribution in [0.15, 0.2) is 48.9 Å². The summed E-state index contributed by atoms with van der Waals surface area (Å²) in [5.74, 6) is -0.932. The Hall–Kier alpha value is -2.76. The second kappa shape index (κ2) is 6.74. The molecule has 2 amide bonds. The van der Waals surface area contributed by atoms with E-state index in [9.17, 15) is 9.59 Å². The maximum absolute atomic E-state index is 10.4. The molecular weight excluding hydrogens is 232 g/mol. The molecule has 2 rings (SSSR count). The lowest BCUT2D eigenvalue weighted by atomic mass is 10.3. The lowest BCUT2D eigenvalue weighted by Crippen LogP contribution is -2.12. The number of aromatic nitrogens is 2. The van der Waals surface area contributed by atoms with Crippen LogP contribution in [0.1, 0.15) is 20.8 Å². The summed E-state index contributed by atoms with van der Waals surface area (Å²) < 4.78 is 0. The maximum atomic E-state index is 10.4. The number of nitrogens with zero attached hydrogens (tertiary/aromatic N) is 2. The van der Waals surface area contributed by atoms with Crippen molar-refractivity contribution in [2.24, 2.45) is 11.5 Å². The lowest BCUT2D eigenvalue weighted by Gasteiger charge is -1.88. The van der Waals surface area contributed by atoms with Gasteiger partial charge in [-0.25, -0.2) is 0 Å². The number of carbonyl (C=O) groups excluding carboxylic acids is 2. The average molecular weight is 244 g/mol. The van der Waals surface area contributed by atoms with Gasteiger partial charge in [-0.1, -0.05) is 6.07 Å². The first-order chi connectivity index (χ1) is 8.61. The highest BCUT2D eigenvalue weighted by atomic mass is 16.1. The van der Waals surface area contributed by atoms with Gasteiger partial charge in [-0.3, -0.25) is 19.6 Å². The van der Waals surface area contributed by atoms with E-state index in [2.05, 4.69) is 9.97 Å². The number of amides is 2. The number of rotatable bonds is 2. The van der Waals surface area contributed by atoms with E-state index in [4.69, 9.17) is 11.5 Å². The Balaban J connectivity index is 0.000000180.